The molecule has 100 valence electrons. The maximum atomic E-state index is 11.2. The number of halogens is 1. The van der Waals surface area contributed by atoms with Crippen molar-refractivity contribution in [3.05, 3.63) is 52.8 Å². The molecule has 1 atom stereocenters. The summed E-state index contributed by atoms with van der Waals surface area (Å²) in [5.41, 5.74) is 9.16. The Kier molecular flexibility index (Phi) is 3.87. The minimum atomic E-state index is -0.382. The molecule has 0 aliphatic carbocycles. The summed E-state index contributed by atoms with van der Waals surface area (Å²) >= 11 is 0. The molecular formula is C13H15ClN4O. The van der Waals surface area contributed by atoms with Gasteiger partial charge >= 0.3 is 0 Å². The van der Waals surface area contributed by atoms with Crippen molar-refractivity contribution in [3.8, 4) is 0 Å². The van der Waals surface area contributed by atoms with Crippen LogP contribution < -0.4 is 11.1 Å². The number of carbonyl (C=O) groups excluding carboxylic acids is 1. The largest absolute Gasteiger partial charge is 0.366 e. The Hall–Kier alpha value is -1.85. The van der Waals surface area contributed by atoms with Gasteiger partial charge in [0.05, 0.1) is 11.7 Å². The zero-order chi connectivity index (χ0) is 12.5. The van der Waals surface area contributed by atoms with Crippen LogP contribution in [0.1, 0.15) is 33.2 Å². The number of nitrogens with one attached hydrogen (secondary N) is 2. The number of H-pyrrole nitrogens is 1. The summed E-state index contributed by atoms with van der Waals surface area (Å²) in [4.78, 5) is 11.2. The van der Waals surface area contributed by atoms with Gasteiger partial charge in [0.1, 0.15) is 0 Å². The molecule has 1 aliphatic heterocycles. The van der Waals surface area contributed by atoms with Crippen LogP contribution in [0.25, 0.3) is 0 Å². The smallest absolute Gasteiger partial charge is 0.248 e. The molecule has 0 spiro atoms. The zero-order valence-corrected chi connectivity index (χ0v) is 11.0. The molecule has 5 nitrogen and oxygen atoms in total. The number of primary amides is 1. The van der Waals surface area contributed by atoms with Gasteiger partial charge in [-0.1, -0.05) is 6.07 Å². The van der Waals surface area contributed by atoms with Crippen LogP contribution in [-0.4, -0.2) is 22.6 Å². The molecule has 0 fully saturated rings. The van der Waals surface area contributed by atoms with Gasteiger partial charge in [0, 0.05) is 18.3 Å². The van der Waals surface area contributed by atoms with Gasteiger partial charge in [-0.2, -0.15) is 5.10 Å². The fourth-order valence-electron chi connectivity index (χ4n) is 2.41. The molecule has 2 heterocycles. The van der Waals surface area contributed by atoms with Gasteiger partial charge in [0.25, 0.3) is 0 Å². The average molecular weight is 279 g/mol. The minimum absolute atomic E-state index is 0. The van der Waals surface area contributed by atoms with Crippen LogP contribution in [0.2, 0.25) is 0 Å². The van der Waals surface area contributed by atoms with E-state index in [1.54, 1.807) is 6.07 Å². The molecule has 1 unspecified atom stereocenters. The maximum absolute atomic E-state index is 11.2. The number of fused-ring (bicyclic) bond motifs is 1. The second-order valence-corrected chi connectivity index (χ2v) is 4.41. The van der Waals surface area contributed by atoms with Crippen LogP contribution >= 0.6 is 12.4 Å². The van der Waals surface area contributed by atoms with Crippen LogP contribution in [0.4, 0.5) is 0 Å². The van der Waals surface area contributed by atoms with E-state index in [2.05, 4.69) is 15.5 Å². The van der Waals surface area contributed by atoms with E-state index in [1.165, 1.54) is 5.56 Å². The van der Waals surface area contributed by atoms with Crippen LogP contribution in [0.15, 0.2) is 30.5 Å². The number of nitrogens with two attached hydrogens (primary N) is 1. The van der Waals surface area contributed by atoms with E-state index in [9.17, 15) is 4.79 Å². The van der Waals surface area contributed by atoms with Gasteiger partial charge in [0.15, 0.2) is 0 Å². The van der Waals surface area contributed by atoms with E-state index in [0.29, 0.717) is 5.56 Å². The number of carbonyl (C=O) groups is 1. The standard InChI is InChI=1S/C13H14N4O.ClH/c14-13(18)9-1-2-10-8(7-9)3-5-15-12(10)11-4-6-16-17-11;/h1-2,4,6-7,12,15H,3,5H2,(H2,14,18)(H,16,17);1H. The molecule has 1 aromatic heterocycles. The highest BCUT2D eigenvalue weighted by Gasteiger charge is 2.23. The number of hydrogen-bond donors (Lipinski definition) is 3. The van der Waals surface area contributed by atoms with Crippen molar-refractivity contribution in [2.24, 2.45) is 5.73 Å². The van der Waals surface area contributed by atoms with Gasteiger partial charge in [-0.25, -0.2) is 0 Å². The summed E-state index contributed by atoms with van der Waals surface area (Å²) in [6.45, 7) is 0.868. The average Bonchev–Trinajstić information content (AvgIpc) is 2.91. The minimum Gasteiger partial charge on any atom is -0.366 e. The van der Waals surface area contributed by atoms with E-state index < -0.39 is 0 Å². The summed E-state index contributed by atoms with van der Waals surface area (Å²) in [5, 5.41) is 10.5. The number of amides is 1. The van der Waals surface area contributed by atoms with Crippen molar-refractivity contribution in [2.45, 2.75) is 12.5 Å². The number of aromatic nitrogens is 2. The molecule has 19 heavy (non-hydrogen) atoms. The van der Waals surface area contributed by atoms with Crippen molar-refractivity contribution in [1.82, 2.24) is 15.5 Å². The zero-order valence-electron chi connectivity index (χ0n) is 10.2. The first-order valence-corrected chi connectivity index (χ1v) is 5.91. The van der Waals surface area contributed by atoms with Crippen LogP contribution in [0.5, 0.6) is 0 Å². The summed E-state index contributed by atoms with van der Waals surface area (Å²) in [6, 6.07) is 7.66. The second kappa shape index (κ2) is 5.42. The first kappa shape index (κ1) is 13.6. The van der Waals surface area contributed by atoms with Crippen molar-refractivity contribution in [1.29, 1.82) is 0 Å². The Morgan fingerprint density at radius 2 is 2.21 bits per heavy atom. The molecule has 2 aromatic rings. The van der Waals surface area contributed by atoms with E-state index in [1.807, 2.05) is 24.4 Å². The van der Waals surface area contributed by atoms with Crippen LogP contribution in [0, 0.1) is 0 Å². The van der Waals surface area contributed by atoms with Crippen molar-refractivity contribution >= 4 is 18.3 Å². The Morgan fingerprint density at radius 1 is 1.37 bits per heavy atom. The Labute approximate surface area is 117 Å². The number of nitrogens with zero attached hydrogens (tertiary/aromatic N) is 1. The van der Waals surface area contributed by atoms with Gasteiger partial charge in [-0.15, -0.1) is 12.4 Å². The maximum Gasteiger partial charge on any atom is 0.248 e. The first-order valence-electron chi connectivity index (χ1n) is 5.91. The lowest BCUT2D eigenvalue weighted by Gasteiger charge is -2.26. The summed E-state index contributed by atoms with van der Waals surface area (Å²) < 4.78 is 0. The second-order valence-electron chi connectivity index (χ2n) is 4.41. The monoisotopic (exact) mass is 278 g/mol. The molecule has 1 aliphatic rings. The predicted molar refractivity (Wildman–Crippen MR) is 74.3 cm³/mol. The SMILES string of the molecule is Cl.NC(=O)c1ccc2c(c1)CCNC2c1cc[nH]n1. The summed E-state index contributed by atoms with van der Waals surface area (Å²) in [7, 11) is 0. The number of aromatic amines is 1. The first-order chi connectivity index (χ1) is 8.75. The lowest BCUT2D eigenvalue weighted by atomic mass is 9.91. The highest BCUT2D eigenvalue weighted by atomic mass is 35.5. The van der Waals surface area contributed by atoms with Gasteiger partial charge in [-0.3, -0.25) is 9.89 Å². The molecule has 0 bridgehead atoms. The third kappa shape index (κ3) is 2.47. The fourth-order valence-corrected chi connectivity index (χ4v) is 2.41. The van der Waals surface area contributed by atoms with E-state index >= 15 is 0 Å². The number of hydrogen-bond acceptors (Lipinski definition) is 3. The molecular weight excluding hydrogens is 264 g/mol. The van der Waals surface area contributed by atoms with Gasteiger partial charge < -0.3 is 11.1 Å². The molecule has 3 rings (SSSR count). The van der Waals surface area contributed by atoms with E-state index in [-0.39, 0.29) is 24.4 Å². The fraction of sp³-hybridized carbons (Fsp3) is 0.231. The van der Waals surface area contributed by atoms with E-state index in [0.717, 1.165) is 24.2 Å². The van der Waals surface area contributed by atoms with Gasteiger partial charge in [0.2, 0.25) is 5.91 Å². The number of rotatable bonds is 2. The molecule has 0 radical (unpaired) electrons. The number of benzene rings is 1. The molecule has 1 aromatic carbocycles. The highest BCUT2D eigenvalue weighted by Crippen LogP contribution is 2.28. The third-order valence-electron chi connectivity index (χ3n) is 3.30. The van der Waals surface area contributed by atoms with Crippen molar-refractivity contribution < 1.29 is 4.79 Å². The lowest BCUT2D eigenvalue weighted by molar-refractivity contribution is 0.1000. The topological polar surface area (TPSA) is 83.8 Å². The van der Waals surface area contributed by atoms with Crippen LogP contribution in [-0.2, 0) is 6.42 Å². The quantitative estimate of drug-likeness (QED) is 0.771. The summed E-state index contributed by atoms with van der Waals surface area (Å²) in [6.07, 6.45) is 2.71. The van der Waals surface area contributed by atoms with Gasteiger partial charge in [-0.05, 0) is 35.7 Å². The lowest BCUT2D eigenvalue weighted by Crippen LogP contribution is -2.31. The van der Waals surface area contributed by atoms with Crippen molar-refractivity contribution in [2.75, 3.05) is 6.54 Å². The molecule has 0 saturated carbocycles. The molecule has 1 amide bonds. The van der Waals surface area contributed by atoms with Crippen molar-refractivity contribution in [3.63, 3.8) is 0 Å². The molecule has 4 N–H and O–H groups in total. The van der Waals surface area contributed by atoms with E-state index in [4.69, 9.17) is 5.73 Å². The molecule has 6 heteroatoms. The predicted octanol–water partition coefficient (Wildman–Crippen LogP) is 1.17. The Morgan fingerprint density at radius 3 is 2.89 bits per heavy atom. The third-order valence-corrected chi connectivity index (χ3v) is 3.30. The Bertz CT molecular complexity index is 582. The normalized spacial score (nSPS) is 17.4. The summed E-state index contributed by atoms with van der Waals surface area (Å²) in [5.74, 6) is -0.382. The Balaban J connectivity index is 0.00000133. The molecule has 0 saturated heterocycles. The highest BCUT2D eigenvalue weighted by molar-refractivity contribution is 5.93. The van der Waals surface area contributed by atoms with Crippen LogP contribution in [0.3, 0.4) is 0 Å².